The number of aromatic amines is 1. The van der Waals surface area contributed by atoms with Crippen LogP contribution in [0.2, 0.25) is 0 Å². The zero-order valence-electron chi connectivity index (χ0n) is 12.9. The fraction of sp³-hybridized carbons (Fsp3) is 0.357. The third kappa shape index (κ3) is 4.01. The van der Waals surface area contributed by atoms with Crippen molar-refractivity contribution >= 4 is 24.1 Å². The van der Waals surface area contributed by atoms with Crippen LogP contribution in [0, 0.1) is 14.9 Å². The van der Waals surface area contributed by atoms with Crippen molar-refractivity contribution in [2.75, 3.05) is 7.11 Å². The summed E-state index contributed by atoms with van der Waals surface area (Å²) in [5.74, 6) is 0.937. The zero-order valence-corrected chi connectivity index (χ0v) is 13.7. The minimum Gasteiger partial charge on any atom is -0.490 e. The molecule has 122 valence electrons. The van der Waals surface area contributed by atoms with Gasteiger partial charge in [-0.1, -0.05) is 13.3 Å². The summed E-state index contributed by atoms with van der Waals surface area (Å²) in [6, 6.07) is 4.62. The number of aromatic nitrogens is 3. The highest BCUT2D eigenvalue weighted by atomic mass is 32.1. The second kappa shape index (κ2) is 7.63. The highest BCUT2D eigenvalue weighted by molar-refractivity contribution is 7.71. The fourth-order valence-corrected chi connectivity index (χ4v) is 2.19. The van der Waals surface area contributed by atoms with Gasteiger partial charge in [-0.15, -0.1) is 0 Å². The molecule has 0 radical (unpaired) electrons. The molecule has 0 aliphatic rings. The van der Waals surface area contributed by atoms with Gasteiger partial charge < -0.3 is 4.74 Å². The number of aryl methyl sites for hydroxylation is 1. The standard InChI is InChI=1S/C14H17N5O3S/c1-3-4-5-13-16-17-14(23)18(13)15-9-10-6-7-12(22-2)11(8-10)19(20)21/h6-9H,3-5H2,1-2H3,(H,17,23)/b15-9-. The maximum atomic E-state index is 11.0. The van der Waals surface area contributed by atoms with Crippen LogP contribution in [0.15, 0.2) is 23.3 Å². The van der Waals surface area contributed by atoms with Gasteiger partial charge in [0.15, 0.2) is 11.6 Å². The molecular formula is C14H17N5O3S. The van der Waals surface area contributed by atoms with Crippen molar-refractivity contribution in [3.05, 3.63) is 44.5 Å². The number of nitro benzene ring substituents is 1. The summed E-state index contributed by atoms with van der Waals surface area (Å²) >= 11 is 5.15. The Balaban J connectivity index is 2.30. The number of rotatable bonds is 7. The van der Waals surface area contributed by atoms with E-state index in [9.17, 15) is 10.1 Å². The first-order chi connectivity index (χ1) is 11.1. The first-order valence-corrected chi connectivity index (χ1v) is 7.50. The number of hydrogen-bond acceptors (Lipinski definition) is 6. The number of nitrogens with zero attached hydrogens (tertiary/aromatic N) is 4. The molecule has 0 spiro atoms. The molecule has 2 rings (SSSR count). The van der Waals surface area contributed by atoms with E-state index in [1.165, 1.54) is 30.1 Å². The van der Waals surface area contributed by atoms with Crippen molar-refractivity contribution in [1.82, 2.24) is 14.9 Å². The van der Waals surface area contributed by atoms with Crippen molar-refractivity contribution in [2.24, 2.45) is 5.10 Å². The molecule has 2 aromatic rings. The Morgan fingerprint density at radius 2 is 2.35 bits per heavy atom. The summed E-state index contributed by atoms with van der Waals surface area (Å²) in [6.45, 7) is 2.09. The largest absolute Gasteiger partial charge is 0.490 e. The van der Waals surface area contributed by atoms with Crippen LogP contribution < -0.4 is 4.74 Å². The minimum absolute atomic E-state index is 0.113. The summed E-state index contributed by atoms with van der Waals surface area (Å²) in [7, 11) is 1.39. The van der Waals surface area contributed by atoms with Gasteiger partial charge in [0, 0.05) is 18.1 Å². The minimum atomic E-state index is -0.494. The van der Waals surface area contributed by atoms with E-state index >= 15 is 0 Å². The first-order valence-electron chi connectivity index (χ1n) is 7.10. The topological polar surface area (TPSA) is 98.3 Å². The van der Waals surface area contributed by atoms with Crippen LogP contribution in [0.25, 0.3) is 0 Å². The van der Waals surface area contributed by atoms with Crippen molar-refractivity contribution < 1.29 is 9.66 Å². The molecular weight excluding hydrogens is 318 g/mol. The van der Waals surface area contributed by atoms with Crippen molar-refractivity contribution in [2.45, 2.75) is 26.2 Å². The first kappa shape index (κ1) is 16.8. The number of unbranched alkanes of at least 4 members (excludes halogenated alkanes) is 1. The Kier molecular flexibility index (Phi) is 5.58. The maximum absolute atomic E-state index is 11.0. The van der Waals surface area contributed by atoms with Gasteiger partial charge in [-0.2, -0.15) is 14.9 Å². The molecule has 0 saturated carbocycles. The smallest absolute Gasteiger partial charge is 0.311 e. The average molecular weight is 335 g/mol. The van der Waals surface area contributed by atoms with Gasteiger partial charge in [-0.05, 0) is 30.8 Å². The molecule has 0 aliphatic heterocycles. The van der Waals surface area contributed by atoms with Crippen LogP contribution in [0.4, 0.5) is 5.69 Å². The molecule has 0 fully saturated rings. The second-order valence-electron chi connectivity index (χ2n) is 4.79. The Morgan fingerprint density at radius 1 is 1.57 bits per heavy atom. The Morgan fingerprint density at radius 3 is 3.00 bits per heavy atom. The normalized spacial score (nSPS) is 11.0. The highest BCUT2D eigenvalue weighted by Gasteiger charge is 2.14. The molecule has 1 heterocycles. The number of H-pyrrole nitrogens is 1. The molecule has 1 aromatic carbocycles. The number of benzene rings is 1. The predicted octanol–water partition coefficient (Wildman–Crippen LogP) is 3.08. The van der Waals surface area contributed by atoms with E-state index in [2.05, 4.69) is 22.2 Å². The van der Waals surface area contributed by atoms with E-state index in [4.69, 9.17) is 17.0 Å². The van der Waals surface area contributed by atoms with Crippen molar-refractivity contribution in [3.63, 3.8) is 0 Å². The summed E-state index contributed by atoms with van der Waals surface area (Å²) in [5.41, 5.74) is 0.459. The van der Waals surface area contributed by atoms with Crippen LogP contribution >= 0.6 is 12.2 Å². The Hall–Kier alpha value is -2.55. The SMILES string of the molecule is CCCCc1n[nH]c(=S)n1/N=C\c1ccc(OC)c([N+](=O)[O-])c1. The highest BCUT2D eigenvalue weighted by Crippen LogP contribution is 2.26. The van der Waals surface area contributed by atoms with Crippen LogP contribution in [0.5, 0.6) is 5.75 Å². The van der Waals surface area contributed by atoms with Gasteiger partial charge >= 0.3 is 5.69 Å². The van der Waals surface area contributed by atoms with Gasteiger partial charge in [0.2, 0.25) is 4.77 Å². The van der Waals surface area contributed by atoms with E-state index in [-0.39, 0.29) is 11.4 Å². The summed E-state index contributed by atoms with van der Waals surface area (Å²) < 4.78 is 6.88. The van der Waals surface area contributed by atoms with Gasteiger partial charge in [-0.25, -0.2) is 0 Å². The van der Waals surface area contributed by atoms with E-state index in [1.54, 1.807) is 6.07 Å². The van der Waals surface area contributed by atoms with Crippen LogP contribution in [-0.2, 0) is 6.42 Å². The molecule has 1 aromatic heterocycles. The van der Waals surface area contributed by atoms with Crippen molar-refractivity contribution in [1.29, 1.82) is 0 Å². The second-order valence-corrected chi connectivity index (χ2v) is 5.18. The Bertz CT molecular complexity index is 781. The van der Waals surface area contributed by atoms with Crippen LogP contribution in [0.3, 0.4) is 0 Å². The molecule has 8 nitrogen and oxygen atoms in total. The number of ether oxygens (including phenoxy) is 1. The van der Waals surface area contributed by atoms with E-state index in [0.29, 0.717) is 10.3 Å². The van der Waals surface area contributed by atoms with Gasteiger partial charge in [0.05, 0.1) is 18.2 Å². The maximum Gasteiger partial charge on any atom is 0.311 e. The third-order valence-electron chi connectivity index (χ3n) is 3.19. The molecule has 9 heteroatoms. The molecule has 0 saturated heterocycles. The third-order valence-corrected chi connectivity index (χ3v) is 3.46. The summed E-state index contributed by atoms with van der Waals surface area (Å²) in [6.07, 6.45) is 4.27. The molecule has 0 bridgehead atoms. The lowest BCUT2D eigenvalue weighted by Gasteiger charge is -2.02. The number of methoxy groups -OCH3 is 1. The van der Waals surface area contributed by atoms with Gasteiger partial charge in [0.25, 0.3) is 0 Å². The van der Waals surface area contributed by atoms with Crippen molar-refractivity contribution in [3.8, 4) is 5.75 Å². The lowest BCUT2D eigenvalue weighted by Crippen LogP contribution is -2.00. The number of nitrogens with one attached hydrogen (secondary N) is 1. The molecule has 0 atom stereocenters. The molecule has 0 amide bonds. The number of nitro groups is 1. The zero-order chi connectivity index (χ0) is 16.8. The summed E-state index contributed by atoms with van der Waals surface area (Å²) in [4.78, 5) is 10.5. The fourth-order valence-electron chi connectivity index (χ4n) is 1.99. The quantitative estimate of drug-likeness (QED) is 0.363. The predicted molar refractivity (Wildman–Crippen MR) is 88.7 cm³/mol. The summed E-state index contributed by atoms with van der Waals surface area (Å²) in [5, 5.41) is 22.2. The van der Waals surface area contributed by atoms with Gasteiger partial charge in [0.1, 0.15) is 0 Å². The van der Waals surface area contributed by atoms with Crippen LogP contribution in [-0.4, -0.2) is 33.1 Å². The molecule has 1 N–H and O–H groups in total. The lowest BCUT2D eigenvalue weighted by molar-refractivity contribution is -0.385. The molecule has 0 unspecified atom stereocenters. The van der Waals surface area contributed by atoms with E-state index in [1.807, 2.05) is 0 Å². The van der Waals surface area contributed by atoms with Gasteiger partial charge in [-0.3, -0.25) is 15.2 Å². The molecule has 23 heavy (non-hydrogen) atoms. The number of hydrogen-bond donors (Lipinski definition) is 1. The van der Waals surface area contributed by atoms with E-state index < -0.39 is 4.92 Å². The Labute approximate surface area is 137 Å². The average Bonchev–Trinajstić information content (AvgIpc) is 2.90. The monoisotopic (exact) mass is 335 g/mol. The van der Waals surface area contributed by atoms with Crippen LogP contribution in [0.1, 0.15) is 31.2 Å². The molecule has 0 aliphatic carbocycles. The van der Waals surface area contributed by atoms with E-state index in [0.717, 1.165) is 25.1 Å². The lowest BCUT2D eigenvalue weighted by atomic mass is 10.2.